The minimum atomic E-state index is -0.0307. The van der Waals surface area contributed by atoms with E-state index in [9.17, 15) is 4.79 Å². The Hall–Kier alpha value is -3.13. The number of allylic oxidation sites excluding steroid dienone is 6. The molecule has 0 bridgehead atoms. The number of carbonyl (C=O) groups is 1. The number of hydrogen-bond acceptors (Lipinski definition) is 2. The van der Waals surface area contributed by atoms with Gasteiger partial charge in [0.2, 0.25) is 0 Å². The fourth-order valence-electron chi connectivity index (χ4n) is 4.43. The fraction of sp³-hybridized carbons (Fsp3) is 0.512. The molecular weight excluding hydrogens is 548 g/mol. The van der Waals surface area contributed by atoms with Gasteiger partial charge in [-0.3, -0.25) is 4.79 Å². The van der Waals surface area contributed by atoms with Crippen LogP contribution in [0.25, 0.3) is 16.7 Å². The van der Waals surface area contributed by atoms with Crippen LogP contribution >= 0.6 is 0 Å². The van der Waals surface area contributed by atoms with Gasteiger partial charge in [-0.25, -0.2) is 0 Å². The van der Waals surface area contributed by atoms with Crippen molar-refractivity contribution in [2.24, 2.45) is 5.92 Å². The van der Waals surface area contributed by atoms with Crippen LogP contribution in [-0.4, -0.2) is 12.9 Å². The normalized spacial score (nSPS) is 11.2. The van der Waals surface area contributed by atoms with Crippen molar-refractivity contribution in [3.8, 4) is 11.1 Å². The number of benzene rings is 2. The van der Waals surface area contributed by atoms with Crippen LogP contribution in [0.2, 0.25) is 0 Å². The molecule has 0 spiro atoms. The average Bonchev–Trinajstić information content (AvgIpc) is 3.07. The number of carbonyl (C=O) groups excluding carboxylic acids is 1. The molecule has 0 aliphatic rings. The first-order chi connectivity index (χ1) is 21.6. The molecule has 0 heterocycles. The van der Waals surface area contributed by atoms with Crippen LogP contribution in [0.1, 0.15) is 139 Å². The molecule has 0 aliphatic carbocycles. The van der Waals surface area contributed by atoms with Gasteiger partial charge in [0.1, 0.15) is 5.76 Å². The summed E-state index contributed by atoms with van der Waals surface area (Å²) in [6.45, 7) is 30.7. The zero-order chi connectivity index (χ0) is 35.2. The van der Waals surface area contributed by atoms with Gasteiger partial charge in [-0.2, -0.15) is 0 Å². The van der Waals surface area contributed by atoms with Crippen molar-refractivity contribution >= 4 is 11.4 Å². The van der Waals surface area contributed by atoms with Crippen LogP contribution in [0.15, 0.2) is 90.2 Å². The lowest BCUT2D eigenvalue weighted by Gasteiger charge is -2.16. The second-order valence-corrected chi connectivity index (χ2v) is 10.7. The quantitative estimate of drug-likeness (QED) is 0.0966. The summed E-state index contributed by atoms with van der Waals surface area (Å²) < 4.78 is 5.71. The molecule has 0 amide bonds. The minimum absolute atomic E-state index is 0.0307. The Morgan fingerprint density at radius 1 is 0.800 bits per heavy atom. The summed E-state index contributed by atoms with van der Waals surface area (Å²) in [6, 6.07) is 16.8. The number of Topliss-reactive ketones (excluding diaryl/α,β-unsaturated/α-hetero) is 1. The maximum absolute atomic E-state index is 12.5. The van der Waals surface area contributed by atoms with E-state index in [1.54, 1.807) is 20.1 Å². The lowest BCUT2D eigenvalue weighted by Crippen LogP contribution is -2.08. The van der Waals surface area contributed by atoms with E-state index in [-0.39, 0.29) is 5.78 Å². The Kier molecular flexibility index (Phi) is 31.8. The largest absolute Gasteiger partial charge is 0.496 e. The van der Waals surface area contributed by atoms with Crippen molar-refractivity contribution in [1.29, 1.82) is 0 Å². The van der Waals surface area contributed by atoms with Gasteiger partial charge < -0.3 is 4.74 Å². The number of hydrogen-bond donors (Lipinski definition) is 0. The van der Waals surface area contributed by atoms with Crippen LogP contribution in [0, 0.1) is 12.8 Å². The third-order valence-corrected chi connectivity index (χ3v) is 7.03. The molecule has 0 radical (unpaired) electrons. The lowest BCUT2D eigenvalue weighted by atomic mass is 9.94. The Labute approximate surface area is 280 Å². The molecule has 0 N–H and O–H groups in total. The van der Waals surface area contributed by atoms with Gasteiger partial charge in [0.25, 0.3) is 0 Å². The average molecular weight is 619 g/mol. The summed E-state index contributed by atoms with van der Waals surface area (Å²) >= 11 is 0. The highest BCUT2D eigenvalue weighted by Gasteiger charge is 2.19. The highest BCUT2D eigenvalue weighted by Crippen LogP contribution is 2.30. The van der Waals surface area contributed by atoms with E-state index in [2.05, 4.69) is 96.7 Å². The zero-order valence-electron chi connectivity index (χ0n) is 31.9. The molecule has 0 unspecified atom stereocenters. The Bertz CT molecular complexity index is 1090. The van der Waals surface area contributed by atoms with Crippen LogP contribution in [-0.2, 0) is 9.53 Å². The molecule has 45 heavy (non-hydrogen) atoms. The second kappa shape index (κ2) is 30.9. The smallest absolute Gasteiger partial charge is 0.163 e. The summed E-state index contributed by atoms with van der Waals surface area (Å²) in [4.78, 5) is 12.5. The van der Waals surface area contributed by atoms with Crippen molar-refractivity contribution < 1.29 is 9.53 Å². The third kappa shape index (κ3) is 19.8. The number of aryl methyl sites for hydroxylation is 1. The number of rotatable bonds is 13. The van der Waals surface area contributed by atoms with Crippen LogP contribution in [0.3, 0.4) is 0 Å². The summed E-state index contributed by atoms with van der Waals surface area (Å²) in [5, 5.41) is 0. The van der Waals surface area contributed by atoms with E-state index in [1.807, 2.05) is 53.7 Å². The summed E-state index contributed by atoms with van der Waals surface area (Å²) in [7, 11) is 1.61. The van der Waals surface area contributed by atoms with E-state index in [1.165, 1.54) is 49.7 Å². The SMILES string of the molecule is C=C/C(C/C=C\C)=C(C(C)=O)/C(OC)=C(\C)c1ccc(-c2ccc(C)cc2)cc1.CC.CC.CCCC.CCCC(C)CCC. The van der Waals surface area contributed by atoms with Gasteiger partial charge in [0.05, 0.1) is 12.7 Å². The van der Waals surface area contributed by atoms with E-state index < -0.39 is 0 Å². The summed E-state index contributed by atoms with van der Waals surface area (Å²) in [5.41, 5.74) is 6.97. The maximum atomic E-state index is 12.5. The molecule has 2 aromatic carbocycles. The second-order valence-electron chi connectivity index (χ2n) is 10.7. The Morgan fingerprint density at radius 3 is 1.58 bits per heavy atom. The maximum Gasteiger partial charge on any atom is 0.163 e. The molecule has 0 saturated heterocycles. The van der Waals surface area contributed by atoms with Gasteiger partial charge in [-0.05, 0) is 67.9 Å². The number of ketones is 1. The molecule has 2 heteroatoms. The first-order valence-corrected chi connectivity index (χ1v) is 17.6. The zero-order valence-corrected chi connectivity index (χ0v) is 31.9. The molecule has 254 valence electrons. The fourth-order valence-corrected chi connectivity index (χ4v) is 4.43. The molecule has 0 atom stereocenters. The molecular formula is C43H70O2. The Morgan fingerprint density at radius 2 is 1.24 bits per heavy atom. The van der Waals surface area contributed by atoms with E-state index in [0.717, 1.165) is 28.2 Å². The molecule has 0 saturated carbocycles. The van der Waals surface area contributed by atoms with Gasteiger partial charge in [-0.1, -0.05) is 180 Å². The van der Waals surface area contributed by atoms with Crippen molar-refractivity contribution in [3.63, 3.8) is 0 Å². The number of methoxy groups -OCH3 is 1. The van der Waals surface area contributed by atoms with E-state index in [4.69, 9.17) is 4.74 Å². The predicted molar refractivity (Wildman–Crippen MR) is 206 cm³/mol. The summed E-state index contributed by atoms with van der Waals surface area (Å²) in [6.07, 6.45) is 14.5. The molecule has 2 rings (SSSR count). The molecule has 2 aromatic rings. The lowest BCUT2D eigenvalue weighted by molar-refractivity contribution is -0.113. The van der Waals surface area contributed by atoms with E-state index in [0.29, 0.717) is 17.8 Å². The van der Waals surface area contributed by atoms with Gasteiger partial charge in [0, 0.05) is 0 Å². The van der Waals surface area contributed by atoms with Gasteiger partial charge >= 0.3 is 0 Å². The van der Waals surface area contributed by atoms with Crippen molar-refractivity contribution in [1.82, 2.24) is 0 Å². The summed E-state index contributed by atoms with van der Waals surface area (Å²) in [5.74, 6) is 1.53. The first kappa shape index (κ1) is 46.3. The standard InChI is InChI=1S/C27H30O2.C8H18.C4H10.2C2H6/c1-7-9-10-22(8-2)26(21(5)28)27(29-6)20(4)23-15-17-25(18-16-23)24-13-11-19(3)12-14-24;1-4-6-8(3)7-5-2;1-3-4-2;2*1-2/h7-9,11-18H,2,10H2,1,3-6H3;8H,4-7H2,1-3H3;3-4H2,1-2H3;2*1-2H3/b9-7-,26-22-,27-20-;;;;. The van der Waals surface area contributed by atoms with Crippen molar-refractivity contribution in [2.45, 2.75) is 135 Å². The molecule has 0 fully saturated rings. The number of ether oxygens (including phenoxy) is 1. The van der Waals surface area contributed by atoms with Crippen LogP contribution in [0.4, 0.5) is 0 Å². The third-order valence-electron chi connectivity index (χ3n) is 7.03. The van der Waals surface area contributed by atoms with Crippen molar-refractivity contribution in [3.05, 3.63) is 101 Å². The monoisotopic (exact) mass is 619 g/mol. The van der Waals surface area contributed by atoms with E-state index >= 15 is 0 Å². The Balaban J connectivity index is -0.000000917. The highest BCUT2D eigenvalue weighted by molar-refractivity contribution is 6.00. The minimum Gasteiger partial charge on any atom is -0.496 e. The molecule has 2 nitrogen and oxygen atoms in total. The molecule has 0 aromatic heterocycles. The van der Waals surface area contributed by atoms with Crippen molar-refractivity contribution in [2.75, 3.05) is 7.11 Å². The first-order valence-electron chi connectivity index (χ1n) is 17.6. The van der Waals surface area contributed by atoms with Crippen LogP contribution < -0.4 is 0 Å². The van der Waals surface area contributed by atoms with Gasteiger partial charge in [-0.15, -0.1) is 0 Å². The predicted octanol–water partition coefficient (Wildman–Crippen LogP) is 14.2. The highest BCUT2D eigenvalue weighted by atomic mass is 16.5. The molecule has 0 aliphatic heterocycles. The topological polar surface area (TPSA) is 26.3 Å². The van der Waals surface area contributed by atoms with Gasteiger partial charge in [0.15, 0.2) is 5.78 Å². The number of unbranched alkanes of at least 4 members (excludes halogenated alkanes) is 1. The van der Waals surface area contributed by atoms with Crippen LogP contribution in [0.5, 0.6) is 0 Å².